The summed E-state index contributed by atoms with van der Waals surface area (Å²) in [7, 11) is 0. The quantitative estimate of drug-likeness (QED) is 0.893. The third kappa shape index (κ3) is 2.70. The first kappa shape index (κ1) is 13.1. The van der Waals surface area contributed by atoms with Crippen molar-refractivity contribution in [1.82, 2.24) is 10.2 Å². The smallest absolute Gasteiger partial charge is 0.0337 e. The number of nitrogens with one attached hydrogen (secondary N) is 1. The Morgan fingerprint density at radius 1 is 1.21 bits per heavy atom. The highest BCUT2D eigenvalue weighted by atomic mass is 15.3. The molecule has 2 heteroatoms. The van der Waals surface area contributed by atoms with Crippen molar-refractivity contribution in [3.63, 3.8) is 0 Å². The van der Waals surface area contributed by atoms with Crippen LogP contribution in [0.2, 0.25) is 0 Å². The minimum atomic E-state index is 0.377. The fourth-order valence-electron chi connectivity index (χ4n) is 3.39. The minimum Gasteiger partial charge on any atom is -0.314 e. The number of nitrogens with zero attached hydrogens (tertiary/aromatic N) is 1. The Balaban J connectivity index is 1.72. The summed E-state index contributed by atoms with van der Waals surface area (Å²) in [5.74, 6) is 0.912. The summed E-state index contributed by atoms with van der Waals surface area (Å²) in [6, 6.07) is 9.19. The van der Waals surface area contributed by atoms with E-state index in [9.17, 15) is 0 Å². The molecule has 1 unspecified atom stereocenters. The van der Waals surface area contributed by atoms with Gasteiger partial charge in [-0.1, -0.05) is 31.2 Å². The summed E-state index contributed by atoms with van der Waals surface area (Å²) < 4.78 is 0. The lowest BCUT2D eigenvalue weighted by Crippen LogP contribution is -2.60. The molecule has 1 saturated carbocycles. The lowest BCUT2D eigenvalue weighted by molar-refractivity contribution is 0.0484. The Hall–Kier alpha value is -0.860. The highest BCUT2D eigenvalue weighted by molar-refractivity contribution is 5.23. The molecule has 0 radical (unpaired) electrons. The fraction of sp³-hybridized carbons (Fsp3) is 0.647. The molecule has 104 valence electrons. The maximum Gasteiger partial charge on any atom is 0.0337 e. The Kier molecular flexibility index (Phi) is 3.64. The van der Waals surface area contributed by atoms with Gasteiger partial charge in [0.1, 0.15) is 0 Å². The van der Waals surface area contributed by atoms with Crippen molar-refractivity contribution in [3.8, 4) is 0 Å². The highest BCUT2D eigenvalue weighted by Crippen LogP contribution is 2.43. The molecule has 1 aromatic rings. The van der Waals surface area contributed by atoms with Crippen LogP contribution in [0, 0.1) is 5.92 Å². The summed E-state index contributed by atoms with van der Waals surface area (Å²) in [6.07, 6.45) is 3.97. The molecule has 1 atom stereocenters. The minimum absolute atomic E-state index is 0.377. The van der Waals surface area contributed by atoms with Gasteiger partial charge in [0.2, 0.25) is 0 Å². The summed E-state index contributed by atoms with van der Waals surface area (Å²) in [6.45, 7) is 9.26. The Morgan fingerprint density at radius 3 is 2.53 bits per heavy atom. The highest BCUT2D eigenvalue weighted by Gasteiger charge is 2.46. The fourth-order valence-corrected chi connectivity index (χ4v) is 3.39. The summed E-state index contributed by atoms with van der Waals surface area (Å²) in [5.41, 5.74) is 3.28. The van der Waals surface area contributed by atoms with E-state index in [4.69, 9.17) is 0 Å². The first-order chi connectivity index (χ1) is 9.22. The molecule has 2 nitrogen and oxygen atoms in total. The number of hydrogen-bond acceptors (Lipinski definition) is 2. The molecule has 3 rings (SSSR count). The van der Waals surface area contributed by atoms with E-state index >= 15 is 0 Å². The van der Waals surface area contributed by atoms with Gasteiger partial charge in [-0.2, -0.15) is 0 Å². The van der Waals surface area contributed by atoms with E-state index in [1.165, 1.54) is 30.5 Å². The monoisotopic (exact) mass is 258 g/mol. The molecule has 2 aliphatic rings. The molecule has 1 heterocycles. The van der Waals surface area contributed by atoms with E-state index in [1.807, 2.05) is 0 Å². The average molecular weight is 258 g/mol. The van der Waals surface area contributed by atoms with E-state index in [0.29, 0.717) is 5.54 Å². The van der Waals surface area contributed by atoms with Gasteiger partial charge in [-0.05, 0) is 43.2 Å². The topological polar surface area (TPSA) is 15.3 Å². The summed E-state index contributed by atoms with van der Waals surface area (Å²) >= 11 is 0. The number of benzene rings is 1. The van der Waals surface area contributed by atoms with Gasteiger partial charge in [-0.3, -0.25) is 4.90 Å². The SMILES string of the molecule is CCc1ccc(CN2CCNCC2(C)C2CC2)cc1. The second kappa shape index (κ2) is 5.26. The lowest BCUT2D eigenvalue weighted by Gasteiger charge is -2.46. The molecule has 2 fully saturated rings. The summed E-state index contributed by atoms with van der Waals surface area (Å²) in [5, 5.41) is 3.59. The number of piperazine rings is 1. The van der Waals surface area contributed by atoms with Crippen molar-refractivity contribution in [2.45, 2.75) is 45.2 Å². The van der Waals surface area contributed by atoms with Crippen LogP contribution in [0.3, 0.4) is 0 Å². The second-order valence-corrected chi connectivity index (χ2v) is 6.40. The molecule has 19 heavy (non-hydrogen) atoms. The van der Waals surface area contributed by atoms with Gasteiger partial charge < -0.3 is 5.32 Å². The Labute approximate surface area is 117 Å². The third-order valence-corrected chi connectivity index (χ3v) is 5.03. The molecule has 1 saturated heterocycles. The zero-order valence-electron chi connectivity index (χ0n) is 12.3. The average Bonchev–Trinajstić information content (AvgIpc) is 3.27. The predicted molar refractivity (Wildman–Crippen MR) is 80.2 cm³/mol. The number of hydrogen-bond donors (Lipinski definition) is 1. The number of aryl methyl sites for hydroxylation is 1. The van der Waals surface area contributed by atoms with Crippen molar-refractivity contribution >= 4 is 0 Å². The molecular weight excluding hydrogens is 232 g/mol. The predicted octanol–water partition coefficient (Wildman–Crippen LogP) is 2.82. The standard InChI is InChI=1S/C17H26N2/c1-3-14-4-6-15(7-5-14)12-19-11-10-18-13-17(19,2)16-8-9-16/h4-7,16,18H,3,8-13H2,1-2H3. The lowest BCUT2D eigenvalue weighted by atomic mass is 9.90. The molecule has 1 aliphatic carbocycles. The molecule has 1 aliphatic heterocycles. The zero-order valence-corrected chi connectivity index (χ0v) is 12.3. The van der Waals surface area contributed by atoms with E-state index in [1.54, 1.807) is 0 Å². The molecule has 0 bridgehead atoms. The van der Waals surface area contributed by atoms with Crippen molar-refractivity contribution in [3.05, 3.63) is 35.4 Å². The van der Waals surface area contributed by atoms with Crippen LogP contribution >= 0.6 is 0 Å². The molecule has 1 N–H and O–H groups in total. The Bertz CT molecular complexity index is 421. The molecule has 0 amide bonds. The van der Waals surface area contributed by atoms with E-state index in [-0.39, 0.29) is 0 Å². The van der Waals surface area contributed by atoms with Crippen molar-refractivity contribution in [1.29, 1.82) is 0 Å². The van der Waals surface area contributed by atoms with Crippen LogP contribution in [0.5, 0.6) is 0 Å². The first-order valence-electron chi connectivity index (χ1n) is 7.76. The molecule has 0 aromatic heterocycles. The van der Waals surface area contributed by atoms with Crippen LogP contribution in [-0.4, -0.2) is 30.1 Å². The first-order valence-corrected chi connectivity index (χ1v) is 7.76. The largest absolute Gasteiger partial charge is 0.314 e. The van der Waals surface area contributed by atoms with Crippen molar-refractivity contribution in [2.75, 3.05) is 19.6 Å². The maximum absolute atomic E-state index is 3.59. The van der Waals surface area contributed by atoms with Gasteiger partial charge in [0.25, 0.3) is 0 Å². The Morgan fingerprint density at radius 2 is 1.89 bits per heavy atom. The van der Waals surface area contributed by atoms with Gasteiger partial charge >= 0.3 is 0 Å². The molecule has 1 aromatic carbocycles. The van der Waals surface area contributed by atoms with Crippen LogP contribution in [0.4, 0.5) is 0 Å². The van der Waals surface area contributed by atoms with Gasteiger partial charge in [0.05, 0.1) is 0 Å². The van der Waals surface area contributed by atoms with Crippen LogP contribution in [0.25, 0.3) is 0 Å². The van der Waals surface area contributed by atoms with Crippen LogP contribution in [0.15, 0.2) is 24.3 Å². The van der Waals surface area contributed by atoms with Crippen LogP contribution in [-0.2, 0) is 13.0 Å². The second-order valence-electron chi connectivity index (χ2n) is 6.40. The maximum atomic E-state index is 3.59. The van der Waals surface area contributed by atoms with Crippen molar-refractivity contribution < 1.29 is 0 Å². The zero-order chi connectivity index (χ0) is 13.3. The van der Waals surface area contributed by atoms with E-state index in [0.717, 1.165) is 32.0 Å². The van der Waals surface area contributed by atoms with Gasteiger partial charge in [0, 0.05) is 31.7 Å². The molecular formula is C17H26N2. The molecule has 0 spiro atoms. The number of rotatable bonds is 4. The third-order valence-electron chi connectivity index (χ3n) is 5.03. The van der Waals surface area contributed by atoms with E-state index in [2.05, 4.69) is 48.3 Å². The van der Waals surface area contributed by atoms with Gasteiger partial charge in [-0.25, -0.2) is 0 Å². The van der Waals surface area contributed by atoms with Crippen LogP contribution in [0.1, 0.15) is 37.8 Å². The summed E-state index contributed by atoms with van der Waals surface area (Å²) in [4.78, 5) is 2.71. The normalized spacial score (nSPS) is 28.5. The van der Waals surface area contributed by atoms with Gasteiger partial charge in [-0.15, -0.1) is 0 Å². The van der Waals surface area contributed by atoms with Crippen LogP contribution < -0.4 is 5.32 Å². The van der Waals surface area contributed by atoms with Gasteiger partial charge in [0.15, 0.2) is 0 Å². The van der Waals surface area contributed by atoms with E-state index < -0.39 is 0 Å². The van der Waals surface area contributed by atoms with Crippen molar-refractivity contribution in [2.24, 2.45) is 5.92 Å².